The van der Waals surface area contributed by atoms with Gasteiger partial charge >= 0.3 is 5.97 Å². The summed E-state index contributed by atoms with van der Waals surface area (Å²) in [4.78, 5) is 27.1. The lowest BCUT2D eigenvalue weighted by atomic mass is 10.00. The Morgan fingerprint density at radius 3 is 2.76 bits per heavy atom. The van der Waals surface area contributed by atoms with Crippen molar-refractivity contribution in [2.45, 2.75) is 31.8 Å². The van der Waals surface area contributed by atoms with E-state index in [0.717, 1.165) is 28.2 Å². The number of thioether (sulfide) groups is 1. The molecule has 1 aromatic rings. The fourth-order valence-corrected chi connectivity index (χ4v) is 3.45. The predicted molar refractivity (Wildman–Crippen MR) is 94.4 cm³/mol. The molecule has 1 saturated heterocycles. The zero-order chi connectivity index (χ0) is 18.2. The fraction of sp³-hybridized carbons (Fsp3) is 0.471. The second-order valence-corrected chi connectivity index (χ2v) is 6.83. The molecule has 8 heteroatoms. The van der Waals surface area contributed by atoms with Gasteiger partial charge in [0.25, 0.3) is 5.09 Å². The van der Waals surface area contributed by atoms with Crippen molar-refractivity contribution in [1.29, 1.82) is 0 Å². The van der Waals surface area contributed by atoms with E-state index < -0.39 is 11.0 Å². The first-order chi connectivity index (χ1) is 12.0. The third kappa shape index (κ3) is 6.06. The lowest BCUT2D eigenvalue weighted by Gasteiger charge is -2.12. The number of nitrogens with zero attached hydrogens (tertiary/aromatic N) is 1. The highest BCUT2D eigenvalue weighted by Crippen LogP contribution is 2.32. The van der Waals surface area contributed by atoms with Crippen molar-refractivity contribution in [2.24, 2.45) is 0 Å². The summed E-state index contributed by atoms with van der Waals surface area (Å²) in [5.41, 5.74) is 1.80. The Morgan fingerprint density at radius 2 is 2.16 bits per heavy atom. The van der Waals surface area contributed by atoms with Crippen molar-refractivity contribution in [2.75, 3.05) is 19.0 Å². The zero-order valence-corrected chi connectivity index (χ0v) is 14.7. The highest BCUT2D eigenvalue weighted by Gasteiger charge is 2.19. The van der Waals surface area contributed by atoms with Crippen LogP contribution >= 0.6 is 11.8 Å². The molecule has 2 rings (SSSR count). The van der Waals surface area contributed by atoms with Gasteiger partial charge in [-0.1, -0.05) is 24.3 Å². The quantitative estimate of drug-likeness (QED) is 0.326. The molecule has 136 valence electrons. The molecule has 0 spiro atoms. The molecule has 1 aliphatic heterocycles. The van der Waals surface area contributed by atoms with E-state index in [-0.39, 0.29) is 31.7 Å². The molecule has 2 atom stereocenters. The van der Waals surface area contributed by atoms with Crippen molar-refractivity contribution >= 4 is 23.8 Å². The lowest BCUT2D eigenvalue weighted by molar-refractivity contribution is -0.757. The smallest absolute Gasteiger partial charge is 0.313 e. The second-order valence-electron chi connectivity index (χ2n) is 5.67. The zero-order valence-electron chi connectivity index (χ0n) is 13.9. The topological polar surface area (TPSA) is 98.9 Å². The summed E-state index contributed by atoms with van der Waals surface area (Å²) < 4.78 is 5.10. The maximum atomic E-state index is 12.0. The van der Waals surface area contributed by atoms with Gasteiger partial charge in [0.2, 0.25) is 0 Å². The molecule has 25 heavy (non-hydrogen) atoms. The maximum Gasteiger partial charge on any atom is 0.313 e. The minimum Gasteiger partial charge on any atom is -0.465 e. The van der Waals surface area contributed by atoms with Crippen LogP contribution in [0.1, 0.15) is 36.8 Å². The summed E-state index contributed by atoms with van der Waals surface area (Å²) in [6.07, 6.45) is 2.64. The second kappa shape index (κ2) is 9.43. The van der Waals surface area contributed by atoms with Gasteiger partial charge in [0, 0.05) is 17.1 Å². The van der Waals surface area contributed by atoms with Gasteiger partial charge in [-0.15, -0.1) is 21.9 Å². The minimum atomic E-state index is -0.871. The van der Waals surface area contributed by atoms with Crippen LogP contribution in [0.5, 0.6) is 0 Å². The molecule has 1 N–H and O–H groups in total. The molecule has 0 bridgehead atoms. The Hall–Kier alpha value is -2.06. The van der Waals surface area contributed by atoms with E-state index in [4.69, 9.17) is 4.74 Å². The fourth-order valence-electron chi connectivity index (χ4n) is 2.34. The highest BCUT2D eigenvalue weighted by atomic mass is 32.2. The molecular weight excluding hydrogens is 346 g/mol. The molecule has 0 aliphatic carbocycles. The molecule has 0 aromatic heterocycles. The monoisotopic (exact) mass is 367 g/mol. The van der Waals surface area contributed by atoms with E-state index in [1.807, 2.05) is 30.3 Å². The van der Waals surface area contributed by atoms with Crippen LogP contribution in [0.3, 0.4) is 0 Å². The molecule has 7 nitrogen and oxygen atoms in total. The Bertz CT molecular complexity index is 631. The average molecular weight is 367 g/mol. The Morgan fingerprint density at radius 1 is 1.44 bits per heavy atom. The van der Waals surface area contributed by atoms with E-state index >= 15 is 0 Å². The molecule has 0 amide bonds. The van der Waals surface area contributed by atoms with Crippen LogP contribution in [-0.2, 0) is 14.4 Å². The Balaban J connectivity index is 1.84. The highest BCUT2D eigenvalue weighted by molar-refractivity contribution is 8.03. The van der Waals surface area contributed by atoms with Gasteiger partial charge in [-0.05, 0) is 30.5 Å². The summed E-state index contributed by atoms with van der Waals surface area (Å²) in [7, 11) is 0. The van der Waals surface area contributed by atoms with Gasteiger partial charge in [-0.2, -0.15) is 0 Å². The van der Waals surface area contributed by atoms with Crippen molar-refractivity contribution in [3.8, 4) is 0 Å². The van der Waals surface area contributed by atoms with Gasteiger partial charge < -0.3 is 14.7 Å². The molecule has 0 saturated carbocycles. The van der Waals surface area contributed by atoms with Crippen molar-refractivity contribution < 1.29 is 24.6 Å². The minimum absolute atomic E-state index is 0.0797. The van der Waals surface area contributed by atoms with E-state index in [0.29, 0.717) is 0 Å². The summed E-state index contributed by atoms with van der Waals surface area (Å²) in [5, 5.41) is 18.9. The summed E-state index contributed by atoms with van der Waals surface area (Å²) in [5.74, 6) is 0.124. The summed E-state index contributed by atoms with van der Waals surface area (Å²) in [6, 6.07) is 7.53. The number of rotatable bonds is 8. The van der Waals surface area contributed by atoms with Crippen molar-refractivity contribution in [3.05, 3.63) is 50.4 Å². The van der Waals surface area contributed by atoms with E-state index in [1.54, 1.807) is 18.7 Å². The number of ether oxygens (including phenoxy) is 1. The van der Waals surface area contributed by atoms with Crippen LogP contribution in [0.15, 0.2) is 29.2 Å². The van der Waals surface area contributed by atoms with Crippen LogP contribution in [0.4, 0.5) is 0 Å². The maximum absolute atomic E-state index is 12.0. The van der Waals surface area contributed by atoms with Crippen molar-refractivity contribution in [3.63, 3.8) is 0 Å². The number of hydrogen-bond donors (Lipinski definition) is 1. The van der Waals surface area contributed by atoms with Gasteiger partial charge in [0.1, 0.15) is 0 Å². The van der Waals surface area contributed by atoms with E-state index in [2.05, 4.69) is 4.84 Å². The predicted octanol–water partition coefficient (Wildman–Crippen LogP) is 2.77. The van der Waals surface area contributed by atoms with Crippen LogP contribution in [0, 0.1) is 10.1 Å². The first kappa shape index (κ1) is 19.3. The number of carbonyl (C=O) groups is 1. The number of carbonyl (C=O) groups excluding carboxylic acids is 1. The number of esters is 1. The van der Waals surface area contributed by atoms with Crippen LogP contribution in [0.25, 0.3) is 6.08 Å². The largest absolute Gasteiger partial charge is 0.465 e. The first-order valence-electron chi connectivity index (χ1n) is 8.03. The van der Waals surface area contributed by atoms with Gasteiger partial charge in [0.15, 0.2) is 0 Å². The molecule has 1 aliphatic rings. The molecule has 1 aromatic carbocycles. The normalized spacial score (nSPS) is 19.6. The number of aliphatic hydroxyl groups excluding tert-OH is 1. The van der Waals surface area contributed by atoms with E-state index in [1.165, 1.54) is 0 Å². The SMILES string of the molecule is C[C@H](C(=O)OCCCO[N+](=O)[O-])c1ccc(/C=C2\SCC[C@@H]2O)cc1. The van der Waals surface area contributed by atoms with E-state index in [9.17, 15) is 20.0 Å². The molecular formula is C17H21NO6S. The summed E-state index contributed by atoms with van der Waals surface area (Å²) in [6.45, 7) is 1.73. The molecule has 1 heterocycles. The van der Waals surface area contributed by atoms with Crippen LogP contribution in [-0.4, -0.2) is 41.2 Å². The summed E-state index contributed by atoms with van der Waals surface area (Å²) >= 11 is 1.66. The van der Waals surface area contributed by atoms with Crippen LogP contribution < -0.4 is 0 Å². The Labute approximate surface area is 150 Å². The van der Waals surface area contributed by atoms with Crippen LogP contribution in [0.2, 0.25) is 0 Å². The first-order valence-corrected chi connectivity index (χ1v) is 9.02. The number of aliphatic hydroxyl groups is 1. The van der Waals surface area contributed by atoms with Gasteiger partial charge in [-0.3, -0.25) is 4.79 Å². The lowest BCUT2D eigenvalue weighted by Crippen LogP contribution is -2.15. The number of hydrogen-bond acceptors (Lipinski definition) is 7. The number of benzene rings is 1. The molecule has 0 radical (unpaired) electrons. The van der Waals surface area contributed by atoms with Gasteiger partial charge in [0.05, 0.1) is 25.2 Å². The van der Waals surface area contributed by atoms with Gasteiger partial charge in [-0.25, -0.2) is 0 Å². The average Bonchev–Trinajstić information content (AvgIpc) is 2.99. The third-order valence-corrected chi connectivity index (χ3v) is 4.98. The Kier molecular flexibility index (Phi) is 7.27. The molecule has 0 unspecified atom stereocenters. The third-order valence-electron chi connectivity index (χ3n) is 3.82. The molecule has 1 fully saturated rings. The van der Waals surface area contributed by atoms with Crippen molar-refractivity contribution in [1.82, 2.24) is 0 Å². The standard InChI is InChI=1S/C17H21NO6S/c1-12(17(20)23-8-2-9-24-18(21)22)14-5-3-13(4-6-14)11-16-15(19)7-10-25-16/h3-6,11-12,15,19H,2,7-10H2,1H3/b16-11-/t12-,15-/m0/s1.